The van der Waals surface area contributed by atoms with Crippen molar-refractivity contribution in [3.05, 3.63) is 25.3 Å². The molecule has 0 fully saturated rings. The summed E-state index contributed by atoms with van der Waals surface area (Å²) in [7, 11) is 3.25. The Morgan fingerprint density at radius 1 is 1.00 bits per heavy atom. The second kappa shape index (κ2) is 7.98. The van der Waals surface area contributed by atoms with Gasteiger partial charge in [0.15, 0.2) is 0 Å². The van der Waals surface area contributed by atoms with Gasteiger partial charge >= 0.3 is 0 Å². The molecule has 0 saturated heterocycles. The third-order valence-corrected chi connectivity index (χ3v) is 1.54. The second-order valence-corrected chi connectivity index (χ2v) is 2.60. The first-order valence-corrected chi connectivity index (χ1v) is 4.16. The highest BCUT2D eigenvalue weighted by atomic mass is 16.6. The lowest BCUT2D eigenvalue weighted by atomic mass is 10.3. The van der Waals surface area contributed by atoms with Gasteiger partial charge in [0.25, 0.3) is 0 Å². The molecule has 0 bridgehead atoms. The van der Waals surface area contributed by atoms with Gasteiger partial charge in [-0.15, -0.1) is 13.2 Å². The lowest BCUT2D eigenvalue weighted by Crippen LogP contribution is -2.25. The molecule has 0 aromatic heterocycles. The SMILES string of the molecule is C=C[C@@H](COC)O[C@@H](C=C)COC. The van der Waals surface area contributed by atoms with Gasteiger partial charge in [-0.2, -0.15) is 0 Å². The van der Waals surface area contributed by atoms with Crippen LogP contribution in [0.1, 0.15) is 0 Å². The molecule has 2 atom stereocenters. The van der Waals surface area contributed by atoms with E-state index in [2.05, 4.69) is 13.2 Å². The van der Waals surface area contributed by atoms with Crippen LogP contribution in [-0.2, 0) is 14.2 Å². The van der Waals surface area contributed by atoms with Gasteiger partial charge in [0, 0.05) is 14.2 Å². The summed E-state index contributed by atoms with van der Waals surface area (Å²) in [6.45, 7) is 8.29. The Labute approximate surface area is 80.0 Å². The first-order chi connectivity index (χ1) is 6.28. The molecule has 0 unspecified atom stereocenters. The van der Waals surface area contributed by atoms with Crippen molar-refractivity contribution in [2.24, 2.45) is 0 Å². The summed E-state index contributed by atoms with van der Waals surface area (Å²) in [4.78, 5) is 0. The van der Waals surface area contributed by atoms with Crippen LogP contribution >= 0.6 is 0 Å². The molecule has 13 heavy (non-hydrogen) atoms. The Morgan fingerprint density at radius 3 is 1.62 bits per heavy atom. The molecule has 0 saturated carbocycles. The van der Waals surface area contributed by atoms with Crippen LogP contribution < -0.4 is 0 Å². The van der Waals surface area contributed by atoms with Crippen molar-refractivity contribution in [1.82, 2.24) is 0 Å². The maximum absolute atomic E-state index is 5.54. The van der Waals surface area contributed by atoms with Crippen LogP contribution in [0.3, 0.4) is 0 Å². The maximum atomic E-state index is 5.54. The monoisotopic (exact) mass is 186 g/mol. The van der Waals surface area contributed by atoms with Gasteiger partial charge in [-0.05, 0) is 0 Å². The molecule has 3 nitrogen and oxygen atoms in total. The summed E-state index contributed by atoms with van der Waals surface area (Å²) in [5, 5.41) is 0. The molecular formula is C10H18O3. The molecule has 0 amide bonds. The largest absolute Gasteiger partial charge is 0.382 e. The zero-order chi connectivity index (χ0) is 10.1. The minimum atomic E-state index is -0.108. The van der Waals surface area contributed by atoms with Gasteiger partial charge in [0.05, 0.1) is 25.4 Å². The Balaban J connectivity index is 3.86. The van der Waals surface area contributed by atoms with E-state index in [9.17, 15) is 0 Å². The lowest BCUT2D eigenvalue weighted by molar-refractivity contribution is -0.0320. The summed E-state index contributed by atoms with van der Waals surface area (Å²) >= 11 is 0. The number of ether oxygens (including phenoxy) is 3. The van der Waals surface area contributed by atoms with Crippen LogP contribution in [0.2, 0.25) is 0 Å². The minimum Gasteiger partial charge on any atom is -0.382 e. The molecular weight excluding hydrogens is 168 g/mol. The smallest absolute Gasteiger partial charge is 0.0995 e. The first kappa shape index (κ1) is 12.4. The van der Waals surface area contributed by atoms with Crippen LogP contribution in [0.15, 0.2) is 25.3 Å². The number of rotatable bonds is 8. The van der Waals surface area contributed by atoms with Crippen molar-refractivity contribution in [2.75, 3.05) is 27.4 Å². The van der Waals surface area contributed by atoms with Crippen LogP contribution in [-0.4, -0.2) is 39.6 Å². The van der Waals surface area contributed by atoms with Crippen molar-refractivity contribution in [2.45, 2.75) is 12.2 Å². The molecule has 3 heteroatoms. The molecule has 0 aromatic carbocycles. The molecule has 0 rings (SSSR count). The van der Waals surface area contributed by atoms with Gasteiger partial charge in [-0.3, -0.25) is 0 Å². The van der Waals surface area contributed by atoms with E-state index >= 15 is 0 Å². The summed E-state index contributed by atoms with van der Waals surface area (Å²) in [5.41, 5.74) is 0. The van der Waals surface area contributed by atoms with Gasteiger partial charge in [0.1, 0.15) is 0 Å². The molecule has 0 heterocycles. The Bertz CT molecular complexity index is 129. The Morgan fingerprint density at radius 2 is 1.38 bits per heavy atom. The van der Waals surface area contributed by atoms with E-state index in [1.807, 2.05) is 0 Å². The number of hydrogen-bond donors (Lipinski definition) is 0. The van der Waals surface area contributed by atoms with E-state index in [4.69, 9.17) is 14.2 Å². The molecule has 0 spiro atoms. The fourth-order valence-corrected chi connectivity index (χ4v) is 0.879. The maximum Gasteiger partial charge on any atom is 0.0995 e. The molecule has 0 aliphatic heterocycles. The Kier molecular flexibility index (Phi) is 7.59. The standard InChI is InChI=1S/C10H18O3/c1-5-9(7-11-3)13-10(6-2)8-12-4/h5-6,9-10H,1-2,7-8H2,3-4H3/t9-,10-/m0/s1. The van der Waals surface area contributed by atoms with Crippen molar-refractivity contribution in [1.29, 1.82) is 0 Å². The average Bonchev–Trinajstić information content (AvgIpc) is 2.16. The number of methoxy groups -OCH3 is 2. The fraction of sp³-hybridized carbons (Fsp3) is 0.600. The summed E-state index contributed by atoms with van der Waals surface area (Å²) in [6.07, 6.45) is 3.19. The average molecular weight is 186 g/mol. The van der Waals surface area contributed by atoms with E-state index in [-0.39, 0.29) is 12.2 Å². The minimum absolute atomic E-state index is 0.108. The van der Waals surface area contributed by atoms with Crippen LogP contribution in [0, 0.1) is 0 Å². The normalized spacial score (nSPS) is 14.9. The van der Waals surface area contributed by atoms with E-state index in [1.54, 1.807) is 26.4 Å². The summed E-state index contributed by atoms with van der Waals surface area (Å²) in [6, 6.07) is 0. The first-order valence-electron chi connectivity index (χ1n) is 4.16. The van der Waals surface area contributed by atoms with E-state index in [0.29, 0.717) is 13.2 Å². The van der Waals surface area contributed by atoms with Gasteiger partial charge in [0.2, 0.25) is 0 Å². The molecule has 0 aromatic rings. The van der Waals surface area contributed by atoms with Crippen LogP contribution in [0.4, 0.5) is 0 Å². The highest BCUT2D eigenvalue weighted by Crippen LogP contribution is 2.02. The van der Waals surface area contributed by atoms with Crippen LogP contribution in [0.25, 0.3) is 0 Å². The summed E-state index contributed by atoms with van der Waals surface area (Å²) in [5.74, 6) is 0. The van der Waals surface area contributed by atoms with Crippen molar-refractivity contribution in [3.63, 3.8) is 0 Å². The predicted octanol–water partition coefficient (Wildman–Crippen LogP) is 1.41. The van der Waals surface area contributed by atoms with Crippen LogP contribution in [0.5, 0.6) is 0 Å². The quantitative estimate of drug-likeness (QED) is 0.536. The second-order valence-electron chi connectivity index (χ2n) is 2.60. The fourth-order valence-electron chi connectivity index (χ4n) is 0.879. The molecule has 76 valence electrons. The molecule has 0 aliphatic rings. The Hall–Kier alpha value is -0.640. The highest BCUT2D eigenvalue weighted by molar-refractivity contribution is 4.86. The van der Waals surface area contributed by atoms with E-state index in [0.717, 1.165) is 0 Å². The van der Waals surface area contributed by atoms with Gasteiger partial charge in [-0.1, -0.05) is 12.2 Å². The zero-order valence-electron chi connectivity index (χ0n) is 8.36. The van der Waals surface area contributed by atoms with E-state index < -0.39 is 0 Å². The molecule has 0 N–H and O–H groups in total. The molecule has 0 radical (unpaired) electrons. The van der Waals surface area contributed by atoms with Crippen molar-refractivity contribution >= 4 is 0 Å². The van der Waals surface area contributed by atoms with Gasteiger partial charge < -0.3 is 14.2 Å². The van der Waals surface area contributed by atoms with Gasteiger partial charge in [-0.25, -0.2) is 0 Å². The predicted molar refractivity (Wildman–Crippen MR) is 52.8 cm³/mol. The lowest BCUT2D eigenvalue weighted by Gasteiger charge is -2.18. The van der Waals surface area contributed by atoms with Crippen molar-refractivity contribution < 1.29 is 14.2 Å². The number of hydrogen-bond acceptors (Lipinski definition) is 3. The third kappa shape index (κ3) is 5.58. The third-order valence-electron chi connectivity index (χ3n) is 1.54. The topological polar surface area (TPSA) is 27.7 Å². The van der Waals surface area contributed by atoms with Crippen molar-refractivity contribution in [3.8, 4) is 0 Å². The summed E-state index contributed by atoms with van der Waals surface area (Å²) < 4.78 is 15.4. The molecule has 0 aliphatic carbocycles. The zero-order valence-corrected chi connectivity index (χ0v) is 8.36. The highest BCUT2D eigenvalue weighted by Gasteiger charge is 2.10. The van der Waals surface area contributed by atoms with E-state index in [1.165, 1.54) is 0 Å².